The molecule has 1 atom stereocenters. The number of ether oxygens (including phenoxy) is 2. The Balaban J connectivity index is 2.13. The third-order valence-electron chi connectivity index (χ3n) is 3.43. The van der Waals surface area contributed by atoms with Crippen LogP contribution < -0.4 is 14.8 Å². The molecule has 7 nitrogen and oxygen atoms in total. The second-order valence-electron chi connectivity index (χ2n) is 4.86. The number of nitrogens with zero attached hydrogens (tertiary/aromatic N) is 1. The smallest absolute Gasteiger partial charge is 0.387 e. The average molecular weight is 330 g/mol. The van der Waals surface area contributed by atoms with E-state index in [1.54, 1.807) is 0 Å². The number of amides is 2. The highest BCUT2D eigenvalue weighted by Crippen LogP contribution is 2.31. The Hall–Kier alpha value is -2.58. The highest BCUT2D eigenvalue weighted by Gasteiger charge is 2.34. The number of hydrogen-bond donors (Lipinski definition) is 2. The van der Waals surface area contributed by atoms with Gasteiger partial charge in [-0.2, -0.15) is 8.78 Å². The summed E-state index contributed by atoms with van der Waals surface area (Å²) >= 11 is 0. The van der Waals surface area contributed by atoms with Gasteiger partial charge in [0.1, 0.15) is 6.04 Å². The number of halogens is 2. The SMILES string of the molecule is COc1ccc(NC(=O)N2CCC[C@H]2C(=O)O)cc1OC(F)F. The third-order valence-corrected chi connectivity index (χ3v) is 3.43. The Kier molecular flexibility index (Phi) is 5.20. The van der Waals surface area contributed by atoms with Crippen LogP contribution in [0.15, 0.2) is 18.2 Å². The largest absolute Gasteiger partial charge is 0.493 e. The highest BCUT2D eigenvalue weighted by atomic mass is 19.3. The molecule has 1 aliphatic rings. The van der Waals surface area contributed by atoms with Crippen LogP contribution in [0.2, 0.25) is 0 Å². The predicted molar refractivity (Wildman–Crippen MR) is 76.0 cm³/mol. The molecule has 1 aromatic rings. The number of alkyl halides is 2. The summed E-state index contributed by atoms with van der Waals surface area (Å²) in [6.07, 6.45) is 0.970. The molecule has 9 heteroatoms. The number of nitrogens with one attached hydrogen (secondary N) is 1. The van der Waals surface area contributed by atoms with E-state index in [1.807, 2.05) is 0 Å². The van der Waals surface area contributed by atoms with Crippen molar-refractivity contribution >= 4 is 17.7 Å². The van der Waals surface area contributed by atoms with E-state index in [9.17, 15) is 18.4 Å². The first-order valence-corrected chi connectivity index (χ1v) is 6.85. The van der Waals surface area contributed by atoms with Crippen LogP contribution >= 0.6 is 0 Å². The van der Waals surface area contributed by atoms with Gasteiger partial charge in [0.05, 0.1) is 7.11 Å². The maximum Gasteiger partial charge on any atom is 0.387 e. The first-order valence-electron chi connectivity index (χ1n) is 6.85. The average Bonchev–Trinajstić information content (AvgIpc) is 2.96. The summed E-state index contributed by atoms with van der Waals surface area (Å²) in [5.41, 5.74) is 0.197. The molecule has 2 N–H and O–H groups in total. The molecule has 0 unspecified atom stereocenters. The van der Waals surface area contributed by atoms with Crippen molar-refractivity contribution in [1.82, 2.24) is 4.90 Å². The van der Waals surface area contributed by atoms with E-state index < -0.39 is 24.7 Å². The highest BCUT2D eigenvalue weighted by molar-refractivity contribution is 5.93. The van der Waals surface area contributed by atoms with Crippen LogP contribution in [0.1, 0.15) is 12.8 Å². The van der Waals surface area contributed by atoms with Gasteiger partial charge in [-0.05, 0) is 25.0 Å². The van der Waals surface area contributed by atoms with Crippen molar-refractivity contribution in [3.8, 4) is 11.5 Å². The predicted octanol–water partition coefficient (Wildman–Crippen LogP) is 2.38. The Bertz CT molecular complexity index is 597. The van der Waals surface area contributed by atoms with Crippen LogP contribution in [0.4, 0.5) is 19.3 Å². The van der Waals surface area contributed by atoms with Gasteiger partial charge >= 0.3 is 18.6 Å². The Morgan fingerprint density at radius 2 is 2.13 bits per heavy atom. The van der Waals surface area contributed by atoms with Gasteiger partial charge in [-0.3, -0.25) is 0 Å². The molecule has 1 saturated heterocycles. The molecule has 2 amide bonds. The minimum atomic E-state index is -3.04. The maximum atomic E-state index is 12.4. The van der Waals surface area contributed by atoms with Gasteiger partial charge in [-0.1, -0.05) is 0 Å². The molecule has 23 heavy (non-hydrogen) atoms. The molecule has 126 valence electrons. The number of carboxylic acid groups (broad SMARTS) is 1. The number of anilines is 1. The van der Waals surface area contributed by atoms with Gasteiger partial charge in [-0.25, -0.2) is 9.59 Å². The van der Waals surface area contributed by atoms with Crippen molar-refractivity contribution in [3.63, 3.8) is 0 Å². The molecule has 0 saturated carbocycles. The molecule has 2 rings (SSSR count). The van der Waals surface area contributed by atoms with Gasteiger partial charge in [0.25, 0.3) is 0 Å². The van der Waals surface area contributed by atoms with E-state index in [1.165, 1.54) is 30.2 Å². The number of carboxylic acids is 1. The molecular formula is C14H16F2N2O5. The summed E-state index contributed by atoms with van der Waals surface area (Å²) < 4.78 is 34.0. The lowest BCUT2D eigenvalue weighted by molar-refractivity contribution is -0.141. The van der Waals surface area contributed by atoms with E-state index in [2.05, 4.69) is 10.1 Å². The van der Waals surface area contributed by atoms with Crippen LogP contribution in [0.25, 0.3) is 0 Å². The van der Waals surface area contributed by atoms with Crippen LogP contribution in [0.5, 0.6) is 11.5 Å². The van der Waals surface area contributed by atoms with Crippen molar-refractivity contribution in [2.45, 2.75) is 25.5 Å². The number of urea groups is 1. The first-order chi connectivity index (χ1) is 10.9. The molecule has 1 heterocycles. The summed E-state index contributed by atoms with van der Waals surface area (Å²) in [6, 6.07) is 2.51. The topological polar surface area (TPSA) is 88.1 Å². The van der Waals surface area contributed by atoms with E-state index >= 15 is 0 Å². The standard InChI is InChI=1S/C14H16F2N2O5/c1-22-10-5-4-8(7-11(10)23-13(15)16)17-14(21)18-6-2-3-9(18)12(19)20/h4-5,7,9,13H,2-3,6H2,1H3,(H,17,21)(H,19,20)/t9-/m0/s1. The van der Waals surface area contributed by atoms with Crippen molar-refractivity contribution in [1.29, 1.82) is 0 Å². The Morgan fingerprint density at radius 1 is 1.39 bits per heavy atom. The van der Waals surface area contributed by atoms with E-state index in [0.717, 1.165) is 0 Å². The number of rotatable bonds is 5. The number of methoxy groups -OCH3 is 1. The zero-order valence-corrected chi connectivity index (χ0v) is 12.3. The van der Waals surface area contributed by atoms with Crippen LogP contribution in [0, 0.1) is 0 Å². The summed E-state index contributed by atoms with van der Waals surface area (Å²) in [7, 11) is 1.30. The van der Waals surface area contributed by atoms with Crippen molar-refractivity contribution in [2.24, 2.45) is 0 Å². The Morgan fingerprint density at radius 3 is 2.74 bits per heavy atom. The second-order valence-corrected chi connectivity index (χ2v) is 4.86. The Labute approximate surface area is 130 Å². The van der Waals surface area contributed by atoms with Crippen molar-refractivity contribution in [3.05, 3.63) is 18.2 Å². The summed E-state index contributed by atoms with van der Waals surface area (Å²) in [5, 5.41) is 11.5. The minimum absolute atomic E-state index is 0.0906. The number of likely N-dealkylation sites (tertiary alicyclic amines) is 1. The van der Waals surface area contributed by atoms with Crippen molar-refractivity contribution in [2.75, 3.05) is 19.0 Å². The van der Waals surface area contributed by atoms with Gasteiger partial charge in [-0.15, -0.1) is 0 Å². The van der Waals surface area contributed by atoms with Gasteiger partial charge < -0.3 is 24.8 Å². The fourth-order valence-corrected chi connectivity index (χ4v) is 2.40. The van der Waals surface area contributed by atoms with Crippen LogP contribution in [0.3, 0.4) is 0 Å². The molecule has 0 bridgehead atoms. The lowest BCUT2D eigenvalue weighted by atomic mass is 10.2. The number of carbonyl (C=O) groups excluding carboxylic acids is 1. The zero-order chi connectivity index (χ0) is 17.0. The quantitative estimate of drug-likeness (QED) is 0.865. The lowest BCUT2D eigenvalue weighted by Gasteiger charge is -2.22. The maximum absolute atomic E-state index is 12.4. The number of benzene rings is 1. The van der Waals surface area contributed by atoms with Gasteiger partial charge in [0.15, 0.2) is 11.5 Å². The first kappa shape index (κ1) is 16.8. The van der Waals surface area contributed by atoms with E-state index in [4.69, 9.17) is 9.84 Å². The lowest BCUT2D eigenvalue weighted by Crippen LogP contribution is -2.42. The number of hydrogen-bond acceptors (Lipinski definition) is 4. The molecule has 1 fully saturated rings. The normalized spacial score (nSPS) is 17.2. The monoisotopic (exact) mass is 330 g/mol. The van der Waals surface area contributed by atoms with Crippen LogP contribution in [-0.4, -0.2) is 48.3 Å². The van der Waals surface area contributed by atoms with E-state index in [-0.39, 0.29) is 17.2 Å². The van der Waals surface area contributed by atoms with Crippen LogP contribution in [-0.2, 0) is 4.79 Å². The van der Waals surface area contributed by atoms with Gasteiger partial charge in [0, 0.05) is 18.3 Å². The number of carbonyl (C=O) groups is 2. The summed E-state index contributed by atoms with van der Waals surface area (Å²) in [4.78, 5) is 24.4. The molecule has 0 aliphatic carbocycles. The summed E-state index contributed by atoms with van der Waals surface area (Å²) in [6.45, 7) is -2.72. The fourth-order valence-electron chi connectivity index (χ4n) is 2.40. The molecule has 1 aromatic carbocycles. The molecular weight excluding hydrogens is 314 g/mol. The van der Waals surface area contributed by atoms with Crippen molar-refractivity contribution < 1.29 is 33.0 Å². The minimum Gasteiger partial charge on any atom is -0.493 e. The molecule has 0 aromatic heterocycles. The molecule has 1 aliphatic heterocycles. The fraction of sp³-hybridized carbons (Fsp3) is 0.429. The van der Waals surface area contributed by atoms with Gasteiger partial charge in [0.2, 0.25) is 0 Å². The van der Waals surface area contributed by atoms with E-state index in [0.29, 0.717) is 19.4 Å². The third kappa shape index (κ3) is 3.99. The molecule has 0 radical (unpaired) electrons. The second kappa shape index (κ2) is 7.12. The number of aliphatic carboxylic acids is 1. The zero-order valence-electron chi connectivity index (χ0n) is 12.3. The summed E-state index contributed by atoms with van der Waals surface area (Å²) in [5.74, 6) is -1.21. The molecule has 0 spiro atoms.